The average Bonchev–Trinajstić information content (AvgIpc) is 2.70. The normalized spacial score (nSPS) is 12.7. The van der Waals surface area contributed by atoms with Gasteiger partial charge in [0.25, 0.3) is 11.8 Å². The fourth-order valence-corrected chi connectivity index (χ4v) is 1.86. The predicted octanol–water partition coefficient (Wildman–Crippen LogP) is 3.62. The number of allylic oxidation sites excluding steroid dienone is 9. The Morgan fingerprint density at radius 2 is 1.41 bits per heavy atom. The molecule has 1 aromatic heterocycles. The first-order valence-electron chi connectivity index (χ1n) is 8.41. The second-order valence-electron chi connectivity index (χ2n) is 5.16. The van der Waals surface area contributed by atoms with Gasteiger partial charge in [0.2, 0.25) is 0 Å². The van der Waals surface area contributed by atoms with Gasteiger partial charge in [-0.05, 0) is 32.9 Å². The van der Waals surface area contributed by atoms with E-state index in [2.05, 4.69) is 27.2 Å². The van der Waals surface area contributed by atoms with Crippen molar-refractivity contribution in [2.45, 2.75) is 20.8 Å². The van der Waals surface area contributed by atoms with Crippen molar-refractivity contribution < 1.29 is 9.59 Å². The highest BCUT2D eigenvalue weighted by Gasteiger charge is 2.14. The van der Waals surface area contributed by atoms with E-state index in [4.69, 9.17) is 0 Å². The number of nitrogens with one attached hydrogen (secondary N) is 2. The van der Waals surface area contributed by atoms with Crippen LogP contribution in [-0.2, 0) is 0 Å². The van der Waals surface area contributed by atoms with Gasteiger partial charge >= 0.3 is 0 Å². The van der Waals surface area contributed by atoms with Crippen LogP contribution >= 0.6 is 0 Å². The number of rotatable bonds is 8. The number of amides is 2. The summed E-state index contributed by atoms with van der Waals surface area (Å²) >= 11 is 0. The van der Waals surface area contributed by atoms with Gasteiger partial charge in [-0.2, -0.15) is 0 Å². The predicted molar refractivity (Wildman–Crippen MR) is 108 cm³/mol. The molecule has 27 heavy (non-hydrogen) atoms. The van der Waals surface area contributed by atoms with Crippen molar-refractivity contribution in [1.82, 2.24) is 20.6 Å². The highest BCUT2D eigenvalue weighted by Crippen LogP contribution is 2.03. The zero-order chi connectivity index (χ0) is 20.1. The first kappa shape index (κ1) is 21.5. The topological polar surface area (TPSA) is 84.0 Å². The lowest BCUT2D eigenvalue weighted by Gasteiger charge is -2.07. The summed E-state index contributed by atoms with van der Waals surface area (Å²) < 4.78 is 0. The molecule has 1 rings (SSSR count). The molecule has 2 N–H and O–H groups in total. The zero-order valence-electron chi connectivity index (χ0n) is 15.8. The van der Waals surface area contributed by atoms with E-state index in [1.807, 2.05) is 32.1 Å². The Kier molecular flexibility index (Phi) is 9.49. The third-order valence-corrected chi connectivity index (χ3v) is 3.26. The van der Waals surface area contributed by atoms with Gasteiger partial charge in [0.1, 0.15) is 17.7 Å². The molecule has 0 fully saturated rings. The smallest absolute Gasteiger partial charge is 0.274 e. The Morgan fingerprint density at radius 1 is 0.889 bits per heavy atom. The lowest BCUT2D eigenvalue weighted by Crippen LogP contribution is -2.26. The van der Waals surface area contributed by atoms with Gasteiger partial charge in [0, 0.05) is 17.5 Å². The van der Waals surface area contributed by atoms with Crippen molar-refractivity contribution in [1.29, 1.82) is 0 Å². The van der Waals surface area contributed by atoms with Crippen LogP contribution in [0.3, 0.4) is 0 Å². The standard InChI is InChI=1S/C21H24N4O2/c1-5-9-11-13-17(8-4)25-21(27)19-14-18(22-15-23-19)20(26)24-16(7-3)12-10-6-2/h5-15H,2H2,1,3-4H3,(H,24,26)(H,25,27)/b9-5-,12-10-,13-11-,16-7+,17-8+. The summed E-state index contributed by atoms with van der Waals surface area (Å²) in [6.07, 6.45) is 17.0. The number of hydrogen-bond acceptors (Lipinski definition) is 4. The van der Waals surface area contributed by atoms with E-state index in [9.17, 15) is 9.59 Å². The van der Waals surface area contributed by atoms with Crippen molar-refractivity contribution in [3.63, 3.8) is 0 Å². The maximum atomic E-state index is 12.4. The van der Waals surface area contributed by atoms with Crippen LogP contribution in [0.15, 0.2) is 85.1 Å². The third-order valence-electron chi connectivity index (χ3n) is 3.26. The first-order valence-corrected chi connectivity index (χ1v) is 8.41. The van der Waals surface area contributed by atoms with Crippen molar-refractivity contribution in [2.24, 2.45) is 0 Å². The number of hydrogen-bond donors (Lipinski definition) is 2. The minimum absolute atomic E-state index is 0.0907. The van der Waals surface area contributed by atoms with Gasteiger partial charge in [-0.25, -0.2) is 9.97 Å². The quantitative estimate of drug-likeness (QED) is 0.690. The zero-order valence-corrected chi connectivity index (χ0v) is 15.8. The molecule has 0 saturated heterocycles. The van der Waals surface area contributed by atoms with Crippen LogP contribution < -0.4 is 10.6 Å². The number of carbonyl (C=O) groups excluding carboxylic acids is 2. The molecule has 0 unspecified atom stereocenters. The first-order chi connectivity index (χ1) is 13.0. The Hall–Kier alpha value is -3.54. The summed E-state index contributed by atoms with van der Waals surface area (Å²) in [6.45, 7) is 9.09. The Morgan fingerprint density at radius 3 is 1.85 bits per heavy atom. The molecule has 0 spiro atoms. The van der Waals surface area contributed by atoms with E-state index in [1.54, 1.807) is 43.4 Å². The fraction of sp³-hybridized carbons (Fsp3) is 0.143. The lowest BCUT2D eigenvalue weighted by atomic mass is 10.2. The summed E-state index contributed by atoms with van der Waals surface area (Å²) in [6, 6.07) is 1.35. The average molecular weight is 364 g/mol. The van der Waals surface area contributed by atoms with E-state index in [1.165, 1.54) is 12.4 Å². The molecule has 0 aliphatic rings. The van der Waals surface area contributed by atoms with Gasteiger partial charge in [-0.15, -0.1) is 0 Å². The molecule has 1 aromatic rings. The Bertz CT molecular complexity index is 830. The van der Waals surface area contributed by atoms with E-state index in [0.717, 1.165) is 0 Å². The van der Waals surface area contributed by atoms with Crippen LogP contribution in [0.1, 0.15) is 41.7 Å². The van der Waals surface area contributed by atoms with Crippen LogP contribution in [0.2, 0.25) is 0 Å². The molecule has 1 heterocycles. The number of aromatic nitrogens is 2. The Labute approximate surface area is 159 Å². The van der Waals surface area contributed by atoms with Crippen molar-refractivity contribution in [2.75, 3.05) is 0 Å². The summed E-state index contributed by atoms with van der Waals surface area (Å²) in [4.78, 5) is 32.6. The maximum absolute atomic E-state index is 12.4. The minimum atomic E-state index is -0.438. The van der Waals surface area contributed by atoms with Crippen molar-refractivity contribution >= 4 is 11.8 Å². The molecular formula is C21H24N4O2. The molecule has 140 valence electrons. The highest BCUT2D eigenvalue weighted by molar-refractivity contribution is 5.98. The maximum Gasteiger partial charge on any atom is 0.274 e. The van der Waals surface area contributed by atoms with Gasteiger partial charge in [0.15, 0.2) is 0 Å². The third kappa shape index (κ3) is 7.48. The number of carbonyl (C=O) groups is 2. The van der Waals surface area contributed by atoms with Crippen LogP contribution in [0.4, 0.5) is 0 Å². The molecule has 0 bridgehead atoms. The van der Waals surface area contributed by atoms with E-state index in [0.29, 0.717) is 11.4 Å². The molecule has 0 aromatic carbocycles. The fourth-order valence-electron chi connectivity index (χ4n) is 1.86. The largest absolute Gasteiger partial charge is 0.321 e. The van der Waals surface area contributed by atoms with E-state index >= 15 is 0 Å². The molecule has 0 saturated carbocycles. The highest BCUT2D eigenvalue weighted by atomic mass is 16.2. The molecule has 6 nitrogen and oxygen atoms in total. The molecule has 0 radical (unpaired) electrons. The minimum Gasteiger partial charge on any atom is -0.321 e. The molecule has 0 aliphatic heterocycles. The summed E-state index contributed by atoms with van der Waals surface area (Å²) in [5.74, 6) is -0.866. The molecule has 6 heteroatoms. The van der Waals surface area contributed by atoms with Gasteiger partial charge in [0.05, 0.1) is 0 Å². The molecule has 2 amide bonds. The van der Waals surface area contributed by atoms with Gasteiger partial charge in [-0.1, -0.05) is 49.1 Å². The van der Waals surface area contributed by atoms with Crippen LogP contribution in [0.25, 0.3) is 0 Å². The van der Waals surface area contributed by atoms with E-state index < -0.39 is 11.8 Å². The summed E-state index contributed by atoms with van der Waals surface area (Å²) in [5, 5.41) is 5.44. The second kappa shape index (κ2) is 11.9. The lowest BCUT2D eigenvalue weighted by molar-refractivity contribution is 0.0961. The number of nitrogens with zero attached hydrogens (tertiary/aromatic N) is 2. The van der Waals surface area contributed by atoms with Gasteiger partial charge < -0.3 is 10.6 Å². The monoisotopic (exact) mass is 364 g/mol. The van der Waals surface area contributed by atoms with Gasteiger partial charge in [-0.3, -0.25) is 9.59 Å². The molecule has 0 atom stereocenters. The van der Waals surface area contributed by atoms with Crippen LogP contribution in [0, 0.1) is 0 Å². The van der Waals surface area contributed by atoms with Crippen molar-refractivity contribution in [3.05, 3.63) is 96.4 Å². The van der Waals surface area contributed by atoms with Crippen molar-refractivity contribution in [3.8, 4) is 0 Å². The molecule has 0 aliphatic carbocycles. The summed E-state index contributed by atoms with van der Waals surface area (Å²) in [7, 11) is 0. The Balaban J connectivity index is 2.91. The van der Waals surface area contributed by atoms with E-state index in [-0.39, 0.29) is 11.4 Å². The van der Waals surface area contributed by atoms with Crippen LogP contribution in [-0.4, -0.2) is 21.8 Å². The second-order valence-corrected chi connectivity index (χ2v) is 5.16. The molecular weight excluding hydrogens is 340 g/mol. The van der Waals surface area contributed by atoms with Crippen LogP contribution in [0.5, 0.6) is 0 Å². The summed E-state index contributed by atoms with van der Waals surface area (Å²) in [5.41, 5.74) is 1.40. The SMILES string of the molecule is C=C/C=C\C(=C/C)NC(=O)c1cc(C(=O)NC(/C=C\C=C/C)=C/C)ncn1.